The maximum Gasteiger partial charge on any atom is 0.335 e. The Bertz CT molecular complexity index is 1240. The number of hydrogen-bond donors (Lipinski definition) is 1. The van der Waals surface area contributed by atoms with Gasteiger partial charge in [0.2, 0.25) is 0 Å². The molecule has 1 N–H and O–H groups in total. The summed E-state index contributed by atoms with van der Waals surface area (Å²) in [5.74, 6) is -2.16. The van der Waals surface area contributed by atoms with Gasteiger partial charge in [0.15, 0.2) is 0 Å². The number of rotatable bonds is 3. The van der Waals surface area contributed by atoms with Gasteiger partial charge in [0, 0.05) is 22.7 Å². The Morgan fingerprint density at radius 1 is 1.07 bits per heavy atom. The van der Waals surface area contributed by atoms with Gasteiger partial charge in [-0.05, 0) is 36.4 Å². The Kier molecular flexibility index (Phi) is 4.41. The second-order valence-corrected chi connectivity index (χ2v) is 6.32. The molecule has 29 heavy (non-hydrogen) atoms. The number of nitrogens with zero attached hydrogens (tertiary/aromatic N) is 3. The molecule has 142 valence electrons. The summed E-state index contributed by atoms with van der Waals surface area (Å²) in [6.45, 7) is 0.101. The van der Waals surface area contributed by atoms with Gasteiger partial charge in [0.05, 0.1) is 11.8 Å². The summed E-state index contributed by atoms with van der Waals surface area (Å²) >= 11 is 0. The molecule has 1 aliphatic heterocycles. The minimum Gasteiger partial charge on any atom is -0.333 e. The van der Waals surface area contributed by atoms with Gasteiger partial charge >= 0.3 is 6.03 Å². The van der Waals surface area contributed by atoms with Crippen molar-refractivity contribution < 1.29 is 18.8 Å². The van der Waals surface area contributed by atoms with E-state index in [9.17, 15) is 18.8 Å². The number of anilines is 1. The van der Waals surface area contributed by atoms with E-state index < -0.39 is 23.7 Å². The number of carbonyl (C=O) groups excluding carboxylic acids is 3. The van der Waals surface area contributed by atoms with Crippen molar-refractivity contribution in [1.29, 1.82) is 5.26 Å². The number of imide groups is 2. The number of benzene rings is 2. The Balaban J connectivity index is 1.81. The SMILES string of the molecule is N#CCn1cc(C=C2C(=O)NC(=O)N(c3ccc(F)cc3)C2=O)c2ccccc21. The van der Waals surface area contributed by atoms with Gasteiger partial charge in [-0.25, -0.2) is 14.1 Å². The van der Waals surface area contributed by atoms with Crippen LogP contribution in [0.5, 0.6) is 0 Å². The highest BCUT2D eigenvalue weighted by atomic mass is 19.1. The number of hydrogen-bond acceptors (Lipinski definition) is 4. The first-order valence-corrected chi connectivity index (χ1v) is 8.61. The predicted octanol–water partition coefficient (Wildman–Crippen LogP) is 2.97. The summed E-state index contributed by atoms with van der Waals surface area (Å²) in [4.78, 5) is 38.3. The van der Waals surface area contributed by atoms with Gasteiger partial charge in [-0.15, -0.1) is 0 Å². The van der Waals surface area contributed by atoms with Crippen LogP contribution in [0.4, 0.5) is 14.9 Å². The van der Waals surface area contributed by atoms with E-state index in [1.165, 1.54) is 18.2 Å². The minimum absolute atomic E-state index is 0.101. The lowest BCUT2D eigenvalue weighted by atomic mass is 10.1. The zero-order valence-electron chi connectivity index (χ0n) is 14.9. The monoisotopic (exact) mass is 388 g/mol. The second kappa shape index (κ2) is 7.05. The Labute approximate surface area is 164 Å². The molecule has 2 aromatic carbocycles. The molecule has 1 fully saturated rings. The van der Waals surface area contributed by atoms with Crippen LogP contribution in [0.3, 0.4) is 0 Å². The lowest BCUT2D eigenvalue weighted by Gasteiger charge is -2.26. The molecule has 1 saturated heterocycles. The van der Waals surface area contributed by atoms with Crippen LogP contribution in [-0.4, -0.2) is 22.4 Å². The molecule has 2 heterocycles. The molecule has 4 amide bonds. The van der Waals surface area contributed by atoms with Gasteiger partial charge in [-0.3, -0.25) is 14.9 Å². The average molecular weight is 388 g/mol. The number of barbiturate groups is 1. The van der Waals surface area contributed by atoms with Crippen molar-refractivity contribution in [3.63, 3.8) is 0 Å². The van der Waals surface area contributed by atoms with Gasteiger partial charge < -0.3 is 4.57 Å². The van der Waals surface area contributed by atoms with Crippen molar-refractivity contribution in [3.8, 4) is 6.07 Å². The van der Waals surface area contributed by atoms with Crippen molar-refractivity contribution in [2.45, 2.75) is 6.54 Å². The lowest BCUT2D eigenvalue weighted by Crippen LogP contribution is -2.54. The first kappa shape index (κ1) is 18.1. The van der Waals surface area contributed by atoms with E-state index in [0.717, 1.165) is 27.9 Å². The number of carbonyl (C=O) groups is 3. The highest BCUT2D eigenvalue weighted by Crippen LogP contribution is 2.26. The van der Waals surface area contributed by atoms with E-state index in [1.807, 2.05) is 18.2 Å². The van der Waals surface area contributed by atoms with Gasteiger partial charge in [0.1, 0.15) is 17.9 Å². The summed E-state index contributed by atoms with van der Waals surface area (Å²) in [5.41, 5.74) is 1.23. The molecule has 8 heteroatoms. The molecule has 0 radical (unpaired) electrons. The van der Waals surface area contributed by atoms with Crippen molar-refractivity contribution in [2.24, 2.45) is 0 Å². The highest BCUT2D eigenvalue weighted by molar-refractivity contribution is 6.39. The third-order valence-corrected chi connectivity index (χ3v) is 4.55. The van der Waals surface area contributed by atoms with E-state index >= 15 is 0 Å². The molecular formula is C21H13FN4O3. The van der Waals surface area contributed by atoms with E-state index in [4.69, 9.17) is 5.26 Å². The number of nitriles is 1. The van der Waals surface area contributed by atoms with E-state index in [0.29, 0.717) is 5.56 Å². The first-order chi connectivity index (χ1) is 14.0. The maximum atomic E-state index is 13.2. The fourth-order valence-corrected chi connectivity index (χ4v) is 3.23. The highest BCUT2D eigenvalue weighted by Gasteiger charge is 2.37. The van der Waals surface area contributed by atoms with Crippen LogP contribution in [0.25, 0.3) is 17.0 Å². The molecule has 0 atom stereocenters. The van der Waals surface area contributed by atoms with Crippen LogP contribution >= 0.6 is 0 Å². The molecule has 1 aliphatic rings. The molecule has 3 aromatic rings. The predicted molar refractivity (Wildman–Crippen MR) is 103 cm³/mol. The molecule has 4 rings (SSSR count). The van der Waals surface area contributed by atoms with Crippen molar-refractivity contribution in [1.82, 2.24) is 9.88 Å². The summed E-state index contributed by atoms with van der Waals surface area (Å²) < 4.78 is 14.9. The quantitative estimate of drug-likeness (QED) is 0.551. The largest absolute Gasteiger partial charge is 0.335 e. The maximum absolute atomic E-state index is 13.2. The summed E-state index contributed by atoms with van der Waals surface area (Å²) in [6.07, 6.45) is 3.05. The van der Waals surface area contributed by atoms with Gasteiger partial charge in [0.25, 0.3) is 11.8 Å². The minimum atomic E-state index is -0.907. The van der Waals surface area contributed by atoms with Gasteiger partial charge in [-0.1, -0.05) is 18.2 Å². The smallest absolute Gasteiger partial charge is 0.333 e. The van der Waals surface area contributed by atoms with Crippen molar-refractivity contribution >= 4 is 40.5 Å². The normalized spacial score (nSPS) is 15.7. The van der Waals surface area contributed by atoms with Crippen LogP contribution in [0.2, 0.25) is 0 Å². The number of halogens is 1. The van der Waals surface area contributed by atoms with Gasteiger partial charge in [-0.2, -0.15) is 5.26 Å². The van der Waals surface area contributed by atoms with E-state index in [-0.39, 0.29) is 17.8 Å². The topological polar surface area (TPSA) is 95.2 Å². The Morgan fingerprint density at radius 2 is 1.79 bits per heavy atom. The fourth-order valence-electron chi connectivity index (χ4n) is 3.23. The molecule has 7 nitrogen and oxygen atoms in total. The third-order valence-electron chi connectivity index (χ3n) is 4.55. The number of amides is 4. The van der Waals surface area contributed by atoms with Crippen LogP contribution in [0.1, 0.15) is 5.56 Å². The Morgan fingerprint density at radius 3 is 2.52 bits per heavy atom. The Hall–Kier alpha value is -4.25. The standard InChI is InChI=1S/C21H13FN4O3/c22-14-5-7-15(8-6-14)26-20(28)17(19(27)24-21(26)29)11-13-12-25(10-9-23)18-4-2-1-3-16(13)18/h1-8,11-12H,10H2,(H,24,27,29). The fraction of sp³-hybridized carbons (Fsp3) is 0.0476. The molecule has 0 bridgehead atoms. The molecule has 0 saturated carbocycles. The molecular weight excluding hydrogens is 375 g/mol. The number of urea groups is 1. The van der Waals surface area contributed by atoms with E-state index in [1.54, 1.807) is 16.8 Å². The van der Waals surface area contributed by atoms with Crippen LogP contribution in [0, 0.1) is 17.1 Å². The lowest BCUT2D eigenvalue weighted by molar-refractivity contribution is -0.122. The van der Waals surface area contributed by atoms with Crippen LogP contribution in [-0.2, 0) is 16.1 Å². The summed E-state index contributed by atoms with van der Waals surface area (Å²) in [6, 6.07) is 13.2. The first-order valence-electron chi connectivity index (χ1n) is 8.61. The zero-order chi connectivity index (χ0) is 20.5. The number of para-hydroxylation sites is 1. The van der Waals surface area contributed by atoms with Crippen LogP contribution in [0.15, 0.2) is 60.3 Å². The third kappa shape index (κ3) is 3.15. The average Bonchev–Trinajstić information content (AvgIpc) is 3.04. The number of aromatic nitrogens is 1. The summed E-state index contributed by atoms with van der Waals surface area (Å²) in [7, 11) is 0. The summed E-state index contributed by atoms with van der Waals surface area (Å²) in [5, 5.41) is 11.9. The molecule has 0 aliphatic carbocycles. The number of nitrogens with one attached hydrogen (secondary N) is 1. The molecule has 0 spiro atoms. The zero-order valence-corrected chi connectivity index (χ0v) is 14.9. The van der Waals surface area contributed by atoms with E-state index in [2.05, 4.69) is 11.4 Å². The van der Waals surface area contributed by atoms with Crippen molar-refractivity contribution in [2.75, 3.05) is 4.90 Å². The van der Waals surface area contributed by atoms with Crippen molar-refractivity contribution in [3.05, 3.63) is 71.7 Å². The molecule has 1 aromatic heterocycles. The number of fused-ring (bicyclic) bond motifs is 1. The second-order valence-electron chi connectivity index (χ2n) is 6.32. The molecule has 0 unspecified atom stereocenters. The van der Waals surface area contributed by atoms with Crippen LogP contribution < -0.4 is 10.2 Å².